The Kier molecular flexibility index (Phi) is 4.20. The van der Waals surface area contributed by atoms with Gasteiger partial charge in [0.1, 0.15) is 11.5 Å². The van der Waals surface area contributed by atoms with Gasteiger partial charge in [-0.15, -0.1) is 0 Å². The number of hydrogen-bond donors (Lipinski definition) is 1. The predicted molar refractivity (Wildman–Crippen MR) is 95.6 cm³/mol. The van der Waals surface area contributed by atoms with E-state index in [-0.39, 0.29) is 6.04 Å². The highest BCUT2D eigenvalue weighted by atomic mass is 15.3. The molecule has 3 aromatic heterocycles. The fourth-order valence-corrected chi connectivity index (χ4v) is 3.15. The van der Waals surface area contributed by atoms with Gasteiger partial charge in [0, 0.05) is 37.0 Å². The van der Waals surface area contributed by atoms with Gasteiger partial charge in [-0.3, -0.25) is 4.98 Å². The Labute approximate surface area is 146 Å². The molecule has 3 aromatic rings. The molecule has 1 saturated heterocycles. The summed E-state index contributed by atoms with van der Waals surface area (Å²) >= 11 is 0. The Morgan fingerprint density at radius 2 is 1.84 bits per heavy atom. The quantitative estimate of drug-likeness (QED) is 0.786. The van der Waals surface area contributed by atoms with Crippen LogP contribution in [0.25, 0.3) is 0 Å². The van der Waals surface area contributed by atoms with E-state index in [0.717, 1.165) is 48.4 Å². The summed E-state index contributed by atoms with van der Waals surface area (Å²) in [7, 11) is 0. The number of nitrogens with one attached hydrogen (secondary N) is 1. The number of pyridine rings is 1. The molecule has 0 radical (unpaired) electrons. The van der Waals surface area contributed by atoms with Crippen molar-refractivity contribution in [3.05, 3.63) is 60.4 Å². The van der Waals surface area contributed by atoms with Crippen LogP contribution in [0.15, 0.2) is 49.1 Å². The molecule has 7 nitrogen and oxygen atoms in total. The predicted octanol–water partition coefficient (Wildman–Crippen LogP) is 3.06. The smallest absolute Gasteiger partial charge is 0.225 e. The zero-order chi connectivity index (χ0) is 17.1. The summed E-state index contributed by atoms with van der Waals surface area (Å²) in [6, 6.07) is 7.79. The topological polar surface area (TPSA) is 79.7 Å². The van der Waals surface area contributed by atoms with Crippen molar-refractivity contribution in [1.82, 2.24) is 24.9 Å². The van der Waals surface area contributed by atoms with Crippen LogP contribution < -0.4 is 10.2 Å². The van der Waals surface area contributed by atoms with Crippen LogP contribution >= 0.6 is 0 Å². The molecule has 1 aliphatic heterocycles. The van der Waals surface area contributed by atoms with E-state index in [2.05, 4.69) is 35.1 Å². The van der Waals surface area contributed by atoms with Gasteiger partial charge in [-0.25, -0.2) is 19.9 Å². The second-order valence-corrected chi connectivity index (χ2v) is 5.98. The molecule has 4 heterocycles. The number of anilines is 3. The standard InChI is InChI=1S/C18H19N7/c1-13-5-2-7-15(23-13)24-17-16(19-10-11-20-17)14-6-3-12-25(14)18-21-8-4-9-22-18/h2,4-5,7-11,14H,3,6,12H2,1H3,(H,20,23,24)/t14-/m0/s1. The molecule has 1 fully saturated rings. The zero-order valence-corrected chi connectivity index (χ0v) is 14.0. The highest BCUT2D eigenvalue weighted by molar-refractivity contribution is 5.56. The first kappa shape index (κ1) is 15.4. The minimum Gasteiger partial charge on any atom is -0.332 e. The minimum absolute atomic E-state index is 0.100. The van der Waals surface area contributed by atoms with Crippen LogP contribution in [0.3, 0.4) is 0 Å². The van der Waals surface area contributed by atoms with Gasteiger partial charge in [-0.05, 0) is 38.0 Å². The summed E-state index contributed by atoms with van der Waals surface area (Å²) in [5.74, 6) is 2.23. The van der Waals surface area contributed by atoms with Crippen molar-refractivity contribution in [1.29, 1.82) is 0 Å². The minimum atomic E-state index is 0.100. The molecular weight excluding hydrogens is 314 g/mol. The van der Waals surface area contributed by atoms with Gasteiger partial charge in [-0.1, -0.05) is 6.07 Å². The van der Waals surface area contributed by atoms with Crippen LogP contribution in [0.5, 0.6) is 0 Å². The number of rotatable bonds is 4. The van der Waals surface area contributed by atoms with E-state index in [1.54, 1.807) is 24.8 Å². The van der Waals surface area contributed by atoms with Gasteiger partial charge in [0.2, 0.25) is 5.95 Å². The van der Waals surface area contributed by atoms with Gasteiger partial charge in [0.05, 0.1) is 6.04 Å². The third-order valence-electron chi connectivity index (χ3n) is 4.24. The first-order valence-corrected chi connectivity index (χ1v) is 8.36. The molecular formula is C18H19N7. The van der Waals surface area contributed by atoms with Crippen molar-refractivity contribution >= 4 is 17.6 Å². The van der Waals surface area contributed by atoms with Crippen molar-refractivity contribution < 1.29 is 0 Å². The van der Waals surface area contributed by atoms with Crippen LogP contribution in [0, 0.1) is 6.92 Å². The van der Waals surface area contributed by atoms with Crippen molar-refractivity contribution in [2.75, 3.05) is 16.8 Å². The van der Waals surface area contributed by atoms with E-state index >= 15 is 0 Å². The Bertz CT molecular complexity index is 853. The van der Waals surface area contributed by atoms with Crippen LogP contribution in [0.2, 0.25) is 0 Å². The highest BCUT2D eigenvalue weighted by Crippen LogP contribution is 2.36. The maximum absolute atomic E-state index is 4.61. The fraction of sp³-hybridized carbons (Fsp3) is 0.278. The summed E-state index contributed by atoms with van der Waals surface area (Å²) < 4.78 is 0. The van der Waals surface area contributed by atoms with Gasteiger partial charge in [0.25, 0.3) is 0 Å². The molecule has 1 aliphatic rings. The highest BCUT2D eigenvalue weighted by Gasteiger charge is 2.31. The molecule has 0 unspecified atom stereocenters. The first-order chi connectivity index (χ1) is 12.3. The largest absolute Gasteiger partial charge is 0.332 e. The average molecular weight is 333 g/mol. The van der Waals surface area contributed by atoms with Crippen LogP contribution in [-0.4, -0.2) is 31.5 Å². The molecule has 1 atom stereocenters. The van der Waals surface area contributed by atoms with E-state index in [1.165, 1.54) is 0 Å². The summed E-state index contributed by atoms with van der Waals surface area (Å²) in [6.07, 6.45) is 9.02. The summed E-state index contributed by atoms with van der Waals surface area (Å²) in [5, 5.41) is 3.31. The van der Waals surface area contributed by atoms with E-state index in [4.69, 9.17) is 0 Å². The number of hydrogen-bond acceptors (Lipinski definition) is 7. The van der Waals surface area contributed by atoms with Crippen LogP contribution in [0.4, 0.5) is 17.6 Å². The maximum Gasteiger partial charge on any atom is 0.225 e. The van der Waals surface area contributed by atoms with Crippen molar-refractivity contribution in [3.8, 4) is 0 Å². The van der Waals surface area contributed by atoms with Gasteiger partial charge in [0.15, 0.2) is 5.82 Å². The molecule has 25 heavy (non-hydrogen) atoms. The Morgan fingerprint density at radius 1 is 1.00 bits per heavy atom. The molecule has 0 saturated carbocycles. The van der Waals surface area contributed by atoms with E-state index in [0.29, 0.717) is 0 Å². The Hall–Kier alpha value is -3.09. The molecule has 0 spiro atoms. The third-order valence-corrected chi connectivity index (χ3v) is 4.24. The van der Waals surface area contributed by atoms with E-state index < -0.39 is 0 Å². The summed E-state index contributed by atoms with van der Waals surface area (Å²) in [6.45, 7) is 2.88. The van der Waals surface area contributed by atoms with Crippen LogP contribution in [-0.2, 0) is 0 Å². The lowest BCUT2D eigenvalue weighted by Crippen LogP contribution is -2.26. The first-order valence-electron chi connectivity index (χ1n) is 8.36. The maximum atomic E-state index is 4.61. The molecule has 0 aromatic carbocycles. The van der Waals surface area contributed by atoms with Crippen molar-refractivity contribution in [2.24, 2.45) is 0 Å². The number of nitrogens with zero attached hydrogens (tertiary/aromatic N) is 6. The molecule has 1 N–H and O–H groups in total. The normalized spacial score (nSPS) is 16.8. The lowest BCUT2D eigenvalue weighted by Gasteiger charge is -2.25. The Morgan fingerprint density at radius 3 is 2.68 bits per heavy atom. The molecule has 126 valence electrons. The molecule has 0 aliphatic carbocycles. The van der Waals surface area contributed by atoms with Crippen molar-refractivity contribution in [3.63, 3.8) is 0 Å². The molecule has 4 rings (SSSR count). The van der Waals surface area contributed by atoms with E-state index in [1.807, 2.05) is 31.2 Å². The Balaban J connectivity index is 1.66. The fourth-order valence-electron chi connectivity index (χ4n) is 3.15. The van der Waals surface area contributed by atoms with Crippen LogP contribution in [0.1, 0.15) is 30.3 Å². The van der Waals surface area contributed by atoms with Gasteiger partial charge in [-0.2, -0.15) is 0 Å². The monoisotopic (exact) mass is 333 g/mol. The lowest BCUT2D eigenvalue weighted by molar-refractivity contribution is 0.677. The number of aryl methyl sites for hydroxylation is 1. The summed E-state index contributed by atoms with van der Waals surface area (Å²) in [5.41, 5.74) is 1.85. The van der Waals surface area contributed by atoms with Gasteiger partial charge < -0.3 is 10.2 Å². The van der Waals surface area contributed by atoms with Crippen molar-refractivity contribution in [2.45, 2.75) is 25.8 Å². The second-order valence-electron chi connectivity index (χ2n) is 5.98. The van der Waals surface area contributed by atoms with E-state index in [9.17, 15) is 0 Å². The SMILES string of the molecule is Cc1cccc(Nc2nccnc2[C@@H]2CCCN2c2ncccn2)n1. The second kappa shape index (κ2) is 6.80. The third kappa shape index (κ3) is 3.26. The molecule has 0 bridgehead atoms. The molecule has 0 amide bonds. The summed E-state index contributed by atoms with van der Waals surface area (Å²) in [4.78, 5) is 24.6. The lowest BCUT2D eigenvalue weighted by atomic mass is 10.1. The zero-order valence-electron chi connectivity index (χ0n) is 14.0. The molecule has 7 heteroatoms. The number of aromatic nitrogens is 5. The van der Waals surface area contributed by atoms with Gasteiger partial charge >= 0.3 is 0 Å². The average Bonchev–Trinajstić information content (AvgIpc) is 3.12.